The summed E-state index contributed by atoms with van der Waals surface area (Å²) in [6.07, 6.45) is 0. The van der Waals surface area contributed by atoms with Crippen LogP contribution in [0.15, 0.2) is 29.2 Å². The molecule has 0 aliphatic heterocycles. The Bertz CT molecular complexity index is 566. The second-order valence-electron chi connectivity index (χ2n) is 4.32. The Kier molecular flexibility index (Phi) is 4.37. The van der Waals surface area contributed by atoms with Gasteiger partial charge in [-0.05, 0) is 38.1 Å². The highest BCUT2D eigenvalue weighted by Gasteiger charge is 2.06. The number of nitrogen functional groups attached to an aromatic ring is 1. The van der Waals surface area contributed by atoms with Crippen molar-refractivity contribution in [3.05, 3.63) is 35.7 Å². The molecule has 0 bridgehead atoms. The molecule has 2 aromatic rings. The van der Waals surface area contributed by atoms with E-state index in [2.05, 4.69) is 11.2 Å². The van der Waals surface area contributed by atoms with E-state index >= 15 is 0 Å². The molecule has 0 amide bonds. The normalized spacial score (nSPS) is 10.7. The summed E-state index contributed by atoms with van der Waals surface area (Å²) in [6.45, 7) is 4.63. The van der Waals surface area contributed by atoms with Crippen LogP contribution in [0.3, 0.4) is 0 Å². The number of aromatic nitrogens is 2. The molecule has 0 saturated carbocycles. The molecule has 0 aliphatic rings. The number of hydrogen-bond donors (Lipinski definition) is 1. The first-order chi connectivity index (χ1) is 9.10. The number of rotatable bonds is 5. The third-order valence-corrected chi connectivity index (χ3v) is 3.88. The van der Waals surface area contributed by atoms with Crippen molar-refractivity contribution >= 4 is 17.4 Å². The zero-order valence-electron chi connectivity index (χ0n) is 11.5. The highest BCUT2D eigenvalue weighted by Crippen LogP contribution is 2.31. The SMILES string of the molecule is CCOc1ccc(N)c(SCc2cc(C)nn2C)c1. The highest BCUT2D eigenvalue weighted by atomic mass is 32.2. The Labute approximate surface area is 117 Å². The first kappa shape index (κ1) is 13.8. The van der Waals surface area contributed by atoms with Crippen LogP contribution < -0.4 is 10.5 Å². The van der Waals surface area contributed by atoms with Crippen LogP contribution in [0.1, 0.15) is 18.3 Å². The number of thioether (sulfide) groups is 1. The first-order valence-corrected chi connectivity index (χ1v) is 7.23. The van der Waals surface area contributed by atoms with Crippen LogP contribution in [0, 0.1) is 6.92 Å². The molecule has 2 rings (SSSR count). The van der Waals surface area contributed by atoms with Crippen LogP contribution in [0.4, 0.5) is 5.69 Å². The Morgan fingerprint density at radius 2 is 2.16 bits per heavy atom. The number of anilines is 1. The summed E-state index contributed by atoms with van der Waals surface area (Å²) in [5, 5.41) is 4.34. The van der Waals surface area contributed by atoms with Crippen LogP contribution in [-0.2, 0) is 12.8 Å². The van der Waals surface area contributed by atoms with E-state index in [0.29, 0.717) is 6.61 Å². The van der Waals surface area contributed by atoms with Crippen molar-refractivity contribution in [2.24, 2.45) is 7.05 Å². The highest BCUT2D eigenvalue weighted by molar-refractivity contribution is 7.98. The van der Waals surface area contributed by atoms with Crippen LogP contribution in [0.25, 0.3) is 0 Å². The third kappa shape index (κ3) is 3.44. The lowest BCUT2D eigenvalue weighted by Gasteiger charge is -2.09. The van der Waals surface area contributed by atoms with Crippen LogP contribution >= 0.6 is 11.8 Å². The van der Waals surface area contributed by atoms with Gasteiger partial charge in [0.15, 0.2) is 0 Å². The molecule has 0 saturated heterocycles. The van der Waals surface area contributed by atoms with Gasteiger partial charge in [-0.2, -0.15) is 5.10 Å². The maximum absolute atomic E-state index is 5.99. The quantitative estimate of drug-likeness (QED) is 0.674. The third-order valence-electron chi connectivity index (χ3n) is 2.77. The van der Waals surface area contributed by atoms with Gasteiger partial charge < -0.3 is 10.5 Å². The van der Waals surface area contributed by atoms with Crippen LogP contribution in [-0.4, -0.2) is 16.4 Å². The molecule has 0 radical (unpaired) electrons. The van der Waals surface area contributed by atoms with E-state index < -0.39 is 0 Å². The number of nitrogens with zero attached hydrogens (tertiary/aromatic N) is 2. The lowest BCUT2D eigenvalue weighted by atomic mass is 10.3. The van der Waals surface area contributed by atoms with Gasteiger partial charge in [0.2, 0.25) is 0 Å². The molecule has 1 heterocycles. The maximum Gasteiger partial charge on any atom is 0.120 e. The van der Waals surface area contributed by atoms with Gasteiger partial charge >= 0.3 is 0 Å². The van der Waals surface area contributed by atoms with Gasteiger partial charge in [0.05, 0.1) is 12.3 Å². The van der Waals surface area contributed by atoms with Gasteiger partial charge in [0.1, 0.15) is 5.75 Å². The zero-order chi connectivity index (χ0) is 13.8. The van der Waals surface area contributed by atoms with Crippen molar-refractivity contribution < 1.29 is 4.74 Å². The summed E-state index contributed by atoms with van der Waals surface area (Å²) in [4.78, 5) is 1.05. The fourth-order valence-electron chi connectivity index (χ4n) is 1.85. The predicted octanol–water partition coefficient (Wildman–Crippen LogP) is 3.00. The Balaban J connectivity index is 2.10. The van der Waals surface area contributed by atoms with E-state index in [4.69, 9.17) is 10.5 Å². The summed E-state index contributed by atoms with van der Waals surface area (Å²) < 4.78 is 7.40. The van der Waals surface area contributed by atoms with Crippen LogP contribution in [0.5, 0.6) is 5.75 Å². The van der Waals surface area contributed by atoms with E-state index in [9.17, 15) is 0 Å². The monoisotopic (exact) mass is 277 g/mol. The largest absolute Gasteiger partial charge is 0.494 e. The van der Waals surface area contributed by atoms with Crippen molar-refractivity contribution in [1.82, 2.24) is 9.78 Å². The lowest BCUT2D eigenvalue weighted by Crippen LogP contribution is -1.97. The molecular weight excluding hydrogens is 258 g/mol. The second kappa shape index (κ2) is 6.02. The van der Waals surface area contributed by atoms with E-state index in [1.165, 1.54) is 5.69 Å². The van der Waals surface area contributed by atoms with Gasteiger partial charge in [-0.25, -0.2) is 0 Å². The van der Waals surface area contributed by atoms with E-state index in [1.54, 1.807) is 11.8 Å². The Morgan fingerprint density at radius 1 is 1.37 bits per heavy atom. The van der Waals surface area contributed by atoms with Gasteiger partial charge in [-0.1, -0.05) is 0 Å². The van der Waals surface area contributed by atoms with Crippen molar-refractivity contribution in [3.63, 3.8) is 0 Å². The molecule has 0 spiro atoms. The average molecular weight is 277 g/mol. The molecule has 19 heavy (non-hydrogen) atoms. The number of ether oxygens (including phenoxy) is 1. The average Bonchev–Trinajstić information content (AvgIpc) is 2.69. The van der Waals surface area contributed by atoms with Crippen molar-refractivity contribution in [1.29, 1.82) is 0 Å². The van der Waals surface area contributed by atoms with E-state index in [-0.39, 0.29) is 0 Å². The summed E-state index contributed by atoms with van der Waals surface area (Å²) in [5.74, 6) is 1.71. The zero-order valence-corrected chi connectivity index (χ0v) is 12.3. The van der Waals surface area contributed by atoms with Crippen molar-refractivity contribution in [2.75, 3.05) is 12.3 Å². The molecule has 0 aliphatic carbocycles. The minimum atomic E-state index is 0.662. The van der Waals surface area contributed by atoms with E-state index in [1.807, 2.05) is 43.8 Å². The molecule has 5 heteroatoms. The fourth-order valence-corrected chi connectivity index (χ4v) is 2.85. The lowest BCUT2D eigenvalue weighted by molar-refractivity contribution is 0.339. The summed E-state index contributed by atoms with van der Waals surface area (Å²) >= 11 is 1.70. The van der Waals surface area contributed by atoms with E-state index in [0.717, 1.165) is 27.8 Å². The molecule has 2 N–H and O–H groups in total. The first-order valence-electron chi connectivity index (χ1n) is 6.24. The number of benzene rings is 1. The molecule has 0 unspecified atom stereocenters. The summed E-state index contributed by atoms with van der Waals surface area (Å²) in [7, 11) is 1.96. The Morgan fingerprint density at radius 3 is 2.79 bits per heavy atom. The van der Waals surface area contributed by atoms with Gasteiger partial charge in [0.25, 0.3) is 0 Å². The maximum atomic E-state index is 5.99. The Hall–Kier alpha value is -1.62. The standard InChI is InChI=1S/C14H19N3OS/c1-4-18-12-5-6-13(15)14(8-12)19-9-11-7-10(2)16-17(11)3/h5-8H,4,9,15H2,1-3H3. The molecule has 102 valence electrons. The summed E-state index contributed by atoms with van der Waals surface area (Å²) in [6, 6.07) is 7.88. The molecule has 0 fully saturated rings. The molecule has 1 aromatic heterocycles. The second-order valence-corrected chi connectivity index (χ2v) is 5.34. The van der Waals surface area contributed by atoms with Gasteiger partial charge in [-0.15, -0.1) is 11.8 Å². The van der Waals surface area contributed by atoms with Crippen LogP contribution in [0.2, 0.25) is 0 Å². The smallest absolute Gasteiger partial charge is 0.120 e. The number of aryl methyl sites for hydroxylation is 2. The molecule has 1 aromatic carbocycles. The van der Waals surface area contributed by atoms with Crippen molar-refractivity contribution in [2.45, 2.75) is 24.5 Å². The molecular formula is C14H19N3OS. The van der Waals surface area contributed by atoms with Crippen molar-refractivity contribution in [3.8, 4) is 5.75 Å². The predicted molar refractivity (Wildman–Crippen MR) is 79.5 cm³/mol. The minimum Gasteiger partial charge on any atom is -0.494 e. The number of hydrogen-bond acceptors (Lipinski definition) is 4. The topological polar surface area (TPSA) is 53.1 Å². The minimum absolute atomic E-state index is 0.662. The van der Waals surface area contributed by atoms with Gasteiger partial charge in [0, 0.05) is 29.1 Å². The van der Waals surface area contributed by atoms with Gasteiger partial charge in [-0.3, -0.25) is 4.68 Å². The number of nitrogens with two attached hydrogens (primary N) is 1. The fraction of sp³-hybridized carbons (Fsp3) is 0.357. The molecule has 4 nitrogen and oxygen atoms in total. The molecule has 0 atom stereocenters. The summed E-state index contributed by atoms with van der Waals surface area (Å²) in [5.41, 5.74) is 9.00.